The number of rotatable bonds is 6. The number of hydrogen-bond donors (Lipinski definition) is 0. The SMILES string of the molecule is CCS(C#Cc1c2c(c(C#CS(CC)(CC)CC)c3cc4sc(F)cc4cc13)=CC1C=C(F)SC1C=2)(CC)CC. The Balaban J connectivity index is 1.95. The maximum atomic E-state index is 14.5. The van der Waals surface area contributed by atoms with E-state index in [2.05, 4.69) is 88.2 Å². The van der Waals surface area contributed by atoms with Gasteiger partial charge in [-0.1, -0.05) is 77.3 Å². The zero-order valence-electron chi connectivity index (χ0n) is 24.3. The smallest absolute Gasteiger partial charge is 0.177 e. The van der Waals surface area contributed by atoms with Gasteiger partial charge in [-0.25, -0.2) is 0 Å². The molecule has 2 aliphatic rings. The molecule has 1 aliphatic carbocycles. The minimum Gasteiger partial charge on any atom is -0.200 e. The highest BCUT2D eigenvalue weighted by molar-refractivity contribution is 8.37. The topological polar surface area (TPSA) is 0 Å². The van der Waals surface area contributed by atoms with Crippen LogP contribution in [0.1, 0.15) is 52.7 Å². The number of fused-ring (bicyclic) bond motifs is 4. The van der Waals surface area contributed by atoms with Gasteiger partial charge in [0, 0.05) is 32.4 Å². The van der Waals surface area contributed by atoms with Crippen LogP contribution >= 0.6 is 43.2 Å². The molecule has 40 heavy (non-hydrogen) atoms. The van der Waals surface area contributed by atoms with Gasteiger partial charge in [-0.3, -0.25) is 0 Å². The van der Waals surface area contributed by atoms with Crippen molar-refractivity contribution in [2.75, 3.05) is 34.5 Å². The van der Waals surface area contributed by atoms with Crippen LogP contribution in [0.4, 0.5) is 8.78 Å². The van der Waals surface area contributed by atoms with Crippen molar-refractivity contribution in [2.45, 2.75) is 46.8 Å². The third kappa shape index (κ3) is 5.27. The lowest BCUT2D eigenvalue weighted by Gasteiger charge is -2.30. The van der Waals surface area contributed by atoms with Gasteiger partial charge >= 0.3 is 0 Å². The molecule has 2 aromatic carbocycles. The van der Waals surface area contributed by atoms with Crippen LogP contribution in [0, 0.1) is 33.4 Å². The monoisotopic (exact) mass is 612 g/mol. The summed E-state index contributed by atoms with van der Waals surface area (Å²) in [7, 11) is -2.12. The molecule has 2 atom stereocenters. The van der Waals surface area contributed by atoms with E-state index in [1.54, 1.807) is 12.1 Å². The lowest BCUT2D eigenvalue weighted by Crippen LogP contribution is -2.37. The number of thioether (sulfide) groups is 1. The maximum absolute atomic E-state index is 14.5. The van der Waals surface area contributed by atoms with E-state index in [0.29, 0.717) is 0 Å². The van der Waals surface area contributed by atoms with Gasteiger partial charge in [-0.15, -0.1) is 11.3 Å². The average molecular weight is 613 g/mol. The molecule has 212 valence electrons. The molecule has 0 bridgehead atoms. The van der Waals surface area contributed by atoms with E-state index < -0.39 is 20.1 Å². The van der Waals surface area contributed by atoms with Crippen molar-refractivity contribution in [1.29, 1.82) is 0 Å². The van der Waals surface area contributed by atoms with Gasteiger partial charge in [0.1, 0.15) is 0 Å². The third-order valence-corrected chi connectivity index (χ3v) is 18.4. The first-order valence-corrected chi connectivity index (χ1v) is 20.3. The van der Waals surface area contributed by atoms with E-state index in [0.717, 1.165) is 76.9 Å². The van der Waals surface area contributed by atoms with Crippen molar-refractivity contribution in [3.63, 3.8) is 0 Å². The lowest BCUT2D eigenvalue weighted by atomic mass is 9.88. The van der Waals surface area contributed by atoms with Gasteiger partial charge in [0.05, 0.1) is 0 Å². The molecule has 0 N–H and O–H groups in total. The molecular weight excluding hydrogens is 575 g/mol. The van der Waals surface area contributed by atoms with E-state index in [1.807, 2.05) is 0 Å². The van der Waals surface area contributed by atoms with Gasteiger partial charge < -0.3 is 0 Å². The van der Waals surface area contributed by atoms with E-state index in [1.165, 1.54) is 23.1 Å². The quantitative estimate of drug-likeness (QED) is 0.251. The van der Waals surface area contributed by atoms with E-state index >= 15 is 0 Å². The minimum absolute atomic E-state index is 0.00788. The molecule has 1 aliphatic heterocycles. The van der Waals surface area contributed by atoms with Crippen LogP contribution in [-0.4, -0.2) is 39.8 Å². The second kappa shape index (κ2) is 11.8. The summed E-state index contributed by atoms with van der Waals surface area (Å²) in [4.78, 5) is 0. The Kier molecular flexibility index (Phi) is 8.76. The summed E-state index contributed by atoms with van der Waals surface area (Å²) in [5.41, 5.74) is 1.97. The number of hydrogen-bond acceptors (Lipinski definition) is 2. The normalized spacial score (nSPS) is 18.9. The fourth-order valence-corrected chi connectivity index (χ4v) is 11.5. The van der Waals surface area contributed by atoms with Crippen molar-refractivity contribution >= 4 is 76.2 Å². The summed E-state index contributed by atoms with van der Waals surface area (Å²) >= 11 is 2.47. The molecule has 0 amide bonds. The van der Waals surface area contributed by atoms with Gasteiger partial charge in [0.2, 0.25) is 0 Å². The second-order valence-corrected chi connectivity index (χ2v) is 20.6. The van der Waals surface area contributed by atoms with E-state index in [9.17, 15) is 8.78 Å². The Hall–Kier alpha value is -1.83. The first-order valence-electron chi connectivity index (χ1n) is 14.3. The number of thiophene rings is 1. The summed E-state index contributed by atoms with van der Waals surface area (Å²) in [5.74, 6) is 13.8. The molecule has 0 fully saturated rings. The first kappa shape index (κ1) is 29.7. The number of allylic oxidation sites excluding steroid dienone is 1. The standard InChI is InChI=1S/C34H38F2S4/c1-7-39(8-2,9-3)15-13-25-27-17-23-19-33(35)38-32(23)22-30(27)26(14-16-40(10-4,11-5)12-6)28-18-24-20-34(36)37-31(24)21-29(25)28/h17-23,32H,7-12H2,1-6H3. The first-order chi connectivity index (χ1) is 19.2. The predicted octanol–water partition coefficient (Wildman–Crippen LogP) is 8.66. The second-order valence-electron chi connectivity index (χ2n) is 10.3. The zero-order chi connectivity index (χ0) is 28.7. The van der Waals surface area contributed by atoms with Gasteiger partial charge in [0.25, 0.3) is 0 Å². The van der Waals surface area contributed by atoms with Crippen LogP contribution < -0.4 is 10.4 Å². The molecule has 0 spiro atoms. The van der Waals surface area contributed by atoms with Crippen LogP contribution in [0.5, 0.6) is 0 Å². The highest BCUT2D eigenvalue weighted by atomic mass is 32.3. The Morgan fingerprint density at radius 1 is 0.700 bits per heavy atom. The molecular formula is C34H38F2S4. The van der Waals surface area contributed by atoms with Crippen LogP contribution in [0.2, 0.25) is 0 Å². The minimum atomic E-state index is -1.06. The highest BCUT2D eigenvalue weighted by Gasteiger charge is 2.29. The fourth-order valence-electron chi connectivity index (χ4n) is 5.76. The largest absolute Gasteiger partial charge is 0.200 e. The molecule has 0 saturated carbocycles. The Morgan fingerprint density at radius 2 is 1.23 bits per heavy atom. The summed E-state index contributed by atoms with van der Waals surface area (Å²) in [6, 6.07) is 5.86. The molecule has 0 saturated heterocycles. The average Bonchev–Trinajstić information content (AvgIpc) is 3.52. The fraction of sp³-hybridized carbons (Fsp3) is 0.412. The Labute approximate surface area is 249 Å². The molecule has 1 aromatic heterocycles. The zero-order valence-corrected chi connectivity index (χ0v) is 27.5. The van der Waals surface area contributed by atoms with Crippen LogP contribution in [-0.2, 0) is 0 Å². The van der Waals surface area contributed by atoms with Crippen molar-refractivity contribution < 1.29 is 8.78 Å². The van der Waals surface area contributed by atoms with Crippen molar-refractivity contribution in [3.8, 4) is 22.3 Å². The lowest BCUT2D eigenvalue weighted by molar-refractivity contribution is 0.658. The Bertz CT molecular complexity index is 1730. The molecule has 5 rings (SSSR count). The summed E-state index contributed by atoms with van der Waals surface area (Å²) in [6.07, 6.45) is 6.18. The molecule has 2 heterocycles. The van der Waals surface area contributed by atoms with Gasteiger partial charge in [0.15, 0.2) is 10.3 Å². The molecule has 0 nitrogen and oxygen atoms in total. The van der Waals surface area contributed by atoms with Gasteiger partial charge in [-0.2, -0.15) is 28.8 Å². The van der Waals surface area contributed by atoms with E-state index in [-0.39, 0.29) is 21.5 Å². The summed E-state index contributed by atoms with van der Waals surface area (Å²) in [6.45, 7) is 13.5. The highest BCUT2D eigenvalue weighted by Crippen LogP contribution is 2.47. The third-order valence-electron chi connectivity index (χ3n) is 8.74. The summed E-state index contributed by atoms with van der Waals surface area (Å²) < 4.78 is 29.9. The molecule has 3 aromatic rings. The molecule has 0 radical (unpaired) electrons. The van der Waals surface area contributed by atoms with Crippen molar-refractivity contribution in [3.05, 3.63) is 56.1 Å². The van der Waals surface area contributed by atoms with Crippen LogP contribution in [0.25, 0.3) is 33.0 Å². The van der Waals surface area contributed by atoms with E-state index in [4.69, 9.17) is 0 Å². The molecule has 6 heteroatoms. The number of benzene rings is 2. The van der Waals surface area contributed by atoms with Crippen molar-refractivity contribution in [2.24, 2.45) is 5.92 Å². The Morgan fingerprint density at radius 3 is 1.77 bits per heavy atom. The number of halogens is 2. The molecule has 2 unspecified atom stereocenters. The maximum Gasteiger partial charge on any atom is 0.177 e. The summed E-state index contributed by atoms with van der Waals surface area (Å²) in [5, 5.41) is 12.3. The van der Waals surface area contributed by atoms with Crippen LogP contribution in [0.3, 0.4) is 0 Å². The van der Waals surface area contributed by atoms with Gasteiger partial charge in [-0.05, 0) is 90.5 Å². The van der Waals surface area contributed by atoms with Crippen LogP contribution in [0.15, 0.2) is 29.4 Å². The van der Waals surface area contributed by atoms with Crippen molar-refractivity contribution in [1.82, 2.24) is 0 Å². The predicted molar refractivity (Wildman–Crippen MR) is 184 cm³/mol.